The molecule has 1 fully saturated rings. The molecular formula is C13H19BFNO4. The van der Waals surface area contributed by atoms with E-state index in [1.165, 1.54) is 12.1 Å². The summed E-state index contributed by atoms with van der Waals surface area (Å²) < 4.78 is 24.2. The standard InChI is InChI=1S/C13H19BFNO4/c15-12-10-11(14(17)18)2-3-13(12)20-7-1-4-16-5-8-19-9-6-16/h2-3,10,17-18H,1,4-9H2. The third-order valence-electron chi connectivity index (χ3n) is 3.23. The van der Waals surface area contributed by atoms with E-state index in [0.717, 1.165) is 45.3 Å². The molecule has 1 aliphatic heterocycles. The fourth-order valence-corrected chi connectivity index (χ4v) is 2.09. The van der Waals surface area contributed by atoms with Gasteiger partial charge in [0.2, 0.25) is 0 Å². The normalized spacial score (nSPS) is 16.1. The van der Waals surface area contributed by atoms with E-state index in [1.807, 2.05) is 0 Å². The summed E-state index contributed by atoms with van der Waals surface area (Å²) >= 11 is 0. The maximum atomic E-state index is 13.6. The third-order valence-corrected chi connectivity index (χ3v) is 3.23. The van der Waals surface area contributed by atoms with Crippen molar-refractivity contribution in [3.8, 4) is 5.75 Å². The number of rotatable bonds is 6. The zero-order valence-electron chi connectivity index (χ0n) is 11.3. The Kier molecular flexibility index (Phi) is 5.78. The molecule has 2 rings (SSSR count). The third kappa shape index (κ3) is 4.45. The highest BCUT2D eigenvalue weighted by molar-refractivity contribution is 6.58. The lowest BCUT2D eigenvalue weighted by atomic mass is 9.80. The van der Waals surface area contributed by atoms with E-state index in [0.29, 0.717) is 6.61 Å². The van der Waals surface area contributed by atoms with Gasteiger partial charge in [-0.1, -0.05) is 6.07 Å². The van der Waals surface area contributed by atoms with Gasteiger partial charge in [0, 0.05) is 19.6 Å². The monoisotopic (exact) mass is 283 g/mol. The number of hydrogen-bond acceptors (Lipinski definition) is 5. The minimum atomic E-state index is -1.67. The molecule has 0 atom stereocenters. The van der Waals surface area contributed by atoms with Gasteiger partial charge in [0.15, 0.2) is 11.6 Å². The van der Waals surface area contributed by atoms with Gasteiger partial charge in [0.25, 0.3) is 0 Å². The molecule has 0 spiro atoms. The van der Waals surface area contributed by atoms with Crippen LogP contribution >= 0.6 is 0 Å². The Labute approximate surface area is 118 Å². The van der Waals surface area contributed by atoms with E-state index >= 15 is 0 Å². The molecule has 0 amide bonds. The highest BCUT2D eigenvalue weighted by Gasteiger charge is 2.14. The molecule has 1 aromatic rings. The van der Waals surface area contributed by atoms with E-state index in [1.54, 1.807) is 0 Å². The fourth-order valence-electron chi connectivity index (χ4n) is 2.09. The lowest BCUT2D eigenvalue weighted by molar-refractivity contribution is 0.0357. The molecule has 20 heavy (non-hydrogen) atoms. The summed E-state index contributed by atoms with van der Waals surface area (Å²) in [5.74, 6) is -0.446. The minimum Gasteiger partial charge on any atom is -0.490 e. The molecule has 2 N–H and O–H groups in total. The molecule has 0 saturated carbocycles. The van der Waals surface area contributed by atoms with Gasteiger partial charge in [-0.15, -0.1) is 0 Å². The summed E-state index contributed by atoms with van der Waals surface area (Å²) in [6, 6.07) is 3.92. The molecular weight excluding hydrogens is 264 g/mol. The highest BCUT2D eigenvalue weighted by Crippen LogP contribution is 2.15. The van der Waals surface area contributed by atoms with Crippen molar-refractivity contribution in [2.45, 2.75) is 6.42 Å². The van der Waals surface area contributed by atoms with Gasteiger partial charge < -0.3 is 19.5 Å². The molecule has 0 aliphatic carbocycles. The van der Waals surface area contributed by atoms with Crippen LogP contribution in [-0.2, 0) is 4.74 Å². The van der Waals surface area contributed by atoms with Crippen LogP contribution in [0.15, 0.2) is 18.2 Å². The maximum Gasteiger partial charge on any atom is 0.488 e. The summed E-state index contributed by atoms with van der Waals surface area (Å²) in [6.45, 7) is 4.71. The van der Waals surface area contributed by atoms with Crippen LogP contribution in [0.1, 0.15) is 6.42 Å². The van der Waals surface area contributed by atoms with Crippen LogP contribution in [0, 0.1) is 5.82 Å². The largest absolute Gasteiger partial charge is 0.490 e. The Hall–Kier alpha value is -1.15. The number of benzene rings is 1. The fraction of sp³-hybridized carbons (Fsp3) is 0.538. The maximum absolute atomic E-state index is 13.6. The van der Waals surface area contributed by atoms with E-state index in [-0.39, 0.29) is 11.2 Å². The number of ether oxygens (including phenoxy) is 2. The Morgan fingerprint density at radius 1 is 1.30 bits per heavy atom. The van der Waals surface area contributed by atoms with Crippen molar-refractivity contribution in [3.05, 3.63) is 24.0 Å². The zero-order valence-corrected chi connectivity index (χ0v) is 11.3. The lowest BCUT2D eigenvalue weighted by Gasteiger charge is -2.26. The number of hydrogen-bond donors (Lipinski definition) is 2. The molecule has 1 heterocycles. The second-order valence-electron chi connectivity index (χ2n) is 4.72. The molecule has 0 aromatic heterocycles. The molecule has 7 heteroatoms. The van der Waals surface area contributed by atoms with Crippen molar-refractivity contribution in [2.24, 2.45) is 0 Å². The smallest absolute Gasteiger partial charge is 0.488 e. The summed E-state index contributed by atoms with van der Waals surface area (Å²) in [5.41, 5.74) is 0.114. The Bertz CT molecular complexity index is 427. The Morgan fingerprint density at radius 3 is 2.70 bits per heavy atom. The van der Waals surface area contributed by atoms with Crippen molar-refractivity contribution in [3.63, 3.8) is 0 Å². The number of halogens is 1. The second-order valence-corrected chi connectivity index (χ2v) is 4.72. The van der Waals surface area contributed by atoms with Crippen molar-refractivity contribution in [1.29, 1.82) is 0 Å². The molecule has 1 aliphatic rings. The molecule has 0 unspecified atom stereocenters. The van der Waals surface area contributed by atoms with Crippen LogP contribution in [-0.4, -0.2) is 61.5 Å². The number of nitrogens with zero attached hydrogens (tertiary/aromatic N) is 1. The SMILES string of the molecule is OB(O)c1ccc(OCCCN2CCOCC2)c(F)c1. The first-order valence-electron chi connectivity index (χ1n) is 6.75. The molecule has 0 radical (unpaired) electrons. The van der Waals surface area contributed by atoms with Gasteiger partial charge in [-0.25, -0.2) is 4.39 Å². The van der Waals surface area contributed by atoms with Crippen LogP contribution in [0.4, 0.5) is 4.39 Å². The van der Waals surface area contributed by atoms with E-state index in [9.17, 15) is 4.39 Å². The van der Waals surface area contributed by atoms with Crippen LogP contribution in [0.2, 0.25) is 0 Å². The average molecular weight is 283 g/mol. The van der Waals surface area contributed by atoms with E-state index in [4.69, 9.17) is 19.5 Å². The summed E-state index contributed by atoms with van der Waals surface area (Å²) in [7, 11) is -1.67. The summed E-state index contributed by atoms with van der Waals surface area (Å²) in [5, 5.41) is 17.9. The van der Waals surface area contributed by atoms with Crippen LogP contribution in [0.3, 0.4) is 0 Å². The van der Waals surface area contributed by atoms with Crippen LogP contribution in [0.25, 0.3) is 0 Å². The Balaban J connectivity index is 1.73. The second kappa shape index (κ2) is 7.59. The molecule has 1 saturated heterocycles. The van der Waals surface area contributed by atoms with Gasteiger partial charge >= 0.3 is 7.12 Å². The molecule has 0 bridgehead atoms. The topological polar surface area (TPSA) is 62.2 Å². The van der Waals surface area contributed by atoms with Gasteiger partial charge in [-0.3, -0.25) is 4.90 Å². The van der Waals surface area contributed by atoms with Gasteiger partial charge in [-0.05, 0) is 24.0 Å². The highest BCUT2D eigenvalue weighted by atomic mass is 19.1. The predicted octanol–water partition coefficient (Wildman–Crippen LogP) is -0.393. The molecule has 1 aromatic carbocycles. The zero-order chi connectivity index (χ0) is 14.4. The first-order chi connectivity index (χ1) is 9.66. The van der Waals surface area contributed by atoms with E-state index in [2.05, 4.69) is 4.90 Å². The van der Waals surface area contributed by atoms with Gasteiger partial charge in [-0.2, -0.15) is 0 Å². The van der Waals surface area contributed by atoms with Crippen LogP contribution in [0.5, 0.6) is 5.75 Å². The quantitative estimate of drug-likeness (QED) is 0.550. The first-order valence-corrected chi connectivity index (χ1v) is 6.75. The lowest BCUT2D eigenvalue weighted by Crippen LogP contribution is -2.37. The van der Waals surface area contributed by atoms with Gasteiger partial charge in [0.1, 0.15) is 0 Å². The average Bonchev–Trinajstić information content (AvgIpc) is 2.46. The van der Waals surface area contributed by atoms with Crippen molar-refractivity contribution in [2.75, 3.05) is 39.5 Å². The Morgan fingerprint density at radius 2 is 2.05 bits per heavy atom. The summed E-state index contributed by atoms with van der Waals surface area (Å²) in [6.07, 6.45) is 0.809. The van der Waals surface area contributed by atoms with E-state index < -0.39 is 12.9 Å². The van der Waals surface area contributed by atoms with Crippen molar-refractivity contribution >= 4 is 12.6 Å². The minimum absolute atomic E-state index is 0.114. The number of morpholine rings is 1. The molecule has 5 nitrogen and oxygen atoms in total. The summed E-state index contributed by atoms with van der Waals surface area (Å²) in [4.78, 5) is 2.29. The van der Waals surface area contributed by atoms with Gasteiger partial charge in [0.05, 0.1) is 19.8 Å². The first kappa shape index (κ1) is 15.2. The van der Waals surface area contributed by atoms with Crippen molar-refractivity contribution in [1.82, 2.24) is 4.90 Å². The predicted molar refractivity (Wildman–Crippen MR) is 73.6 cm³/mol. The van der Waals surface area contributed by atoms with Crippen LogP contribution < -0.4 is 10.2 Å². The van der Waals surface area contributed by atoms with Crippen molar-refractivity contribution < 1.29 is 23.9 Å². The molecule has 110 valence electrons.